The molecule has 1 saturated carbocycles. The summed E-state index contributed by atoms with van der Waals surface area (Å²) < 4.78 is 5.64. The van der Waals surface area contributed by atoms with Crippen LogP contribution in [0.4, 0.5) is 0 Å². The Morgan fingerprint density at radius 1 is 1.47 bits per heavy atom. The van der Waals surface area contributed by atoms with Crippen LogP contribution in [0.5, 0.6) is 5.75 Å². The number of hydrogen-bond donors (Lipinski definition) is 0. The molecule has 1 aromatic heterocycles. The van der Waals surface area contributed by atoms with Crippen LogP contribution >= 0.6 is 0 Å². The standard InChI is InChI=1S/C12H15NO2/c1-8(2)10-5-13-6-12(11(10)7-14)15-9-3-4-9/h5-9H,3-4H2,1-2H3. The highest BCUT2D eigenvalue weighted by atomic mass is 16.5. The number of aromatic nitrogens is 1. The van der Waals surface area contributed by atoms with Crippen LogP contribution in [-0.4, -0.2) is 17.4 Å². The minimum Gasteiger partial charge on any atom is -0.488 e. The number of rotatable bonds is 4. The topological polar surface area (TPSA) is 39.2 Å². The van der Waals surface area contributed by atoms with Crippen molar-refractivity contribution < 1.29 is 9.53 Å². The second-order valence-corrected chi connectivity index (χ2v) is 4.23. The minimum atomic E-state index is 0.292. The highest BCUT2D eigenvalue weighted by molar-refractivity contribution is 5.81. The fourth-order valence-corrected chi connectivity index (χ4v) is 1.51. The molecule has 1 fully saturated rings. The highest BCUT2D eigenvalue weighted by Crippen LogP contribution is 2.31. The van der Waals surface area contributed by atoms with E-state index in [4.69, 9.17) is 4.74 Å². The summed E-state index contributed by atoms with van der Waals surface area (Å²) in [7, 11) is 0. The van der Waals surface area contributed by atoms with Gasteiger partial charge in [0.2, 0.25) is 0 Å². The van der Waals surface area contributed by atoms with Crippen molar-refractivity contribution in [3.05, 3.63) is 23.5 Å². The summed E-state index contributed by atoms with van der Waals surface area (Å²) in [6.45, 7) is 4.09. The molecule has 0 bridgehead atoms. The summed E-state index contributed by atoms with van der Waals surface area (Å²) in [5.41, 5.74) is 1.62. The highest BCUT2D eigenvalue weighted by Gasteiger charge is 2.25. The lowest BCUT2D eigenvalue weighted by Gasteiger charge is -2.12. The number of hydrogen-bond acceptors (Lipinski definition) is 3. The van der Waals surface area contributed by atoms with Crippen molar-refractivity contribution in [2.75, 3.05) is 0 Å². The third kappa shape index (κ3) is 2.17. The second-order valence-electron chi connectivity index (χ2n) is 4.23. The van der Waals surface area contributed by atoms with Crippen LogP contribution in [0.3, 0.4) is 0 Å². The molecule has 0 saturated heterocycles. The summed E-state index contributed by atoms with van der Waals surface area (Å²) in [6, 6.07) is 0. The van der Waals surface area contributed by atoms with Gasteiger partial charge in [0, 0.05) is 6.20 Å². The molecule has 0 spiro atoms. The zero-order valence-electron chi connectivity index (χ0n) is 9.06. The largest absolute Gasteiger partial charge is 0.488 e. The Kier molecular flexibility index (Phi) is 2.71. The van der Waals surface area contributed by atoms with Crippen molar-refractivity contribution >= 4 is 6.29 Å². The van der Waals surface area contributed by atoms with E-state index in [1.165, 1.54) is 0 Å². The Bertz CT molecular complexity index is 370. The van der Waals surface area contributed by atoms with E-state index in [0.717, 1.165) is 24.7 Å². The third-order valence-corrected chi connectivity index (χ3v) is 2.54. The Morgan fingerprint density at radius 3 is 2.73 bits per heavy atom. The summed E-state index contributed by atoms with van der Waals surface area (Å²) in [6.07, 6.45) is 6.72. The summed E-state index contributed by atoms with van der Waals surface area (Å²) in [4.78, 5) is 15.2. The van der Waals surface area contributed by atoms with Gasteiger partial charge in [0.25, 0.3) is 0 Å². The Labute approximate surface area is 89.5 Å². The smallest absolute Gasteiger partial charge is 0.154 e. The van der Waals surface area contributed by atoms with Crippen molar-refractivity contribution in [2.24, 2.45) is 0 Å². The first kappa shape index (κ1) is 10.1. The van der Waals surface area contributed by atoms with E-state index < -0.39 is 0 Å². The van der Waals surface area contributed by atoms with Crippen LogP contribution in [0.1, 0.15) is 48.5 Å². The molecular weight excluding hydrogens is 190 g/mol. The maximum atomic E-state index is 11.0. The van der Waals surface area contributed by atoms with Crippen LogP contribution in [-0.2, 0) is 0 Å². The van der Waals surface area contributed by atoms with Gasteiger partial charge >= 0.3 is 0 Å². The zero-order valence-corrected chi connectivity index (χ0v) is 9.06. The van der Waals surface area contributed by atoms with E-state index in [1.807, 2.05) is 13.8 Å². The lowest BCUT2D eigenvalue weighted by Crippen LogP contribution is -2.04. The number of ether oxygens (including phenoxy) is 1. The van der Waals surface area contributed by atoms with Gasteiger partial charge in [-0.25, -0.2) is 0 Å². The molecule has 80 valence electrons. The second kappa shape index (κ2) is 4.01. The van der Waals surface area contributed by atoms with Gasteiger partial charge in [-0.15, -0.1) is 0 Å². The van der Waals surface area contributed by atoms with Gasteiger partial charge in [0.05, 0.1) is 17.9 Å². The third-order valence-electron chi connectivity index (χ3n) is 2.54. The van der Waals surface area contributed by atoms with E-state index in [-0.39, 0.29) is 0 Å². The molecule has 1 aliphatic carbocycles. The monoisotopic (exact) mass is 205 g/mol. The predicted octanol–water partition coefficient (Wildman–Crippen LogP) is 2.56. The summed E-state index contributed by atoms with van der Waals surface area (Å²) in [5.74, 6) is 0.930. The van der Waals surface area contributed by atoms with Crippen LogP contribution in [0, 0.1) is 0 Å². The molecule has 3 nitrogen and oxygen atoms in total. The van der Waals surface area contributed by atoms with E-state index in [0.29, 0.717) is 23.3 Å². The first-order valence-electron chi connectivity index (χ1n) is 5.32. The predicted molar refractivity (Wildman–Crippen MR) is 57.4 cm³/mol. The van der Waals surface area contributed by atoms with Crippen molar-refractivity contribution in [3.63, 3.8) is 0 Å². The number of carbonyl (C=O) groups is 1. The first-order chi connectivity index (χ1) is 7.22. The minimum absolute atomic E-state index is 0.292. The van der Waals surface area contributed by atoms with Crippen molar-refractivity contribution in [2.45, 2.75) is 38.7 Å². The normalized spacial score (nSPS) is 15.4. The van der Waals surface area contributed by atoms with Crippen molar-refractivity contribution in [1.29, 1.82) is 0 Å². The molecule has 0 atom stereocenters. The molecule has 1 heterocycles. The van der Waals surface area contributed by atoms with Gasteiger partial charge in [-0.05, 0) is 24.3 Å². The molecule has 1 aromatic rings. The van der Waals surface area contributed by atoms with Gasteiger partial charge in [-0.2, -0.15) is 0 Å². The average molecular weight is 205 g/mol. The Balaban J connectivity index is 2.34. The molecule has 0 unspecified atom stereocenters. The summed E-state index contributed by atoms with van der Waals surface area (Å²) >= 11 is 0. The van der Waals surface area contributed by atoms with E-state index in [1.54, 1.807) is 12.4 Å². The average Bonchev–Trinajstić information content (AvgIpc) is 3.01. The van der Waals surface area contributed by atoms with Crippen molar-refractivity contribution in [1.82, 2.24) is 4.98 Å². The number of pyridine rings is 1. The number of carbonyl (C=O) groups excluding carboxylic acids is 1. The van der Waals surface area contributed by atoms with E-state index in [2.05, 4.69) is 4.98 Å². The number of nitrogens with zero attached hydrogens (tertiary/aromatic N) is 1. The maximum absolute atomic E-state index is 11.0. The zero-order chi connectivity index (χ0) is 10.8. The first-order valence-corrected chi connectivity index (χ1v) is 5.32. The molecule has 1 aliphatic rings. The molecule has 0 N–H and O–H groups in total. The molecule has 2 rings (SSSR count). The van der Waals surface area contributed by atoms with Crippen LogP contribution < -0.4 is 4.74 Å². The van der Waals surface area contributed by atoms with E-state index in [9.17, 15) is 4.79 Å². The van der Waals surface area contributed by atoms with Crippen LogP contribution in [0.2, 0.25) is 0 Å². The number of aldehydes is 1. The lowest BCUT2D eigenvalue weighted by atomic mass is 10.00. The van der Waals surface area contributed by atoms with E-state index >= 15 is 0 Å². The lowest BCUT2D eigenvalue weighted by molar-refractivity contribution is 0.111. The van der Waals surface area contributed by atoms with Crippen LogP contribution in [0.25, 0.3) is 0 Å². The molecule has 0 amide bonds. The van der Waals surface area contributed by atoms with Gasteiger partial charge in [-0.1, -0.05) is 13.8 Å². The summed E-state index contributed by atoms with van der Waals surface area (Å²) in [5, 5.41) is 0. The molecule has 15 heavy (non-hydrogen) atoms. The Hall–Kier alpha value is -1.38. The molecule has 0 aliphatic heterocycles. The van der Waals surface area contributed by atoms with Gasteiger partial charge in [0.15, 0.2) is 6.29 Å². The maximum Gasteiger partial charge on any atom is 0.154 e. The molecule has 0 aromatic carbocycles. The molecule has 0 radical (unpaired) electrons. The molecule has 3 heteroatoms. The van der Waals surface area contributed by atoms with Gasteiger partial charge in [-0.3, -0.25) is 9.78 Å². The van der Waals surface area contributed by atoms with Gasteiger partial charge in [0.1, 0.15) is 5.75 Å². The van der Waals surface area contributed by atoms with Gasteiger partial charge < -0.3 is 4.74 Å². The fraction of sp³-hybridized carbons (Fsp3) is 0.500. The SMILES string of the molecule is CC(C)c1cncc(OC2CC2)c1C=O. The Morgan fingerprint density at radius 2 is 2.20 bits per heavy atom. The fourth-order valence-electron chi connectivity index (χ4n) is 1.51. The quantitative estimate of drug-likeness (QED) is 0.709. The van der Waals surface area contributed by atoms with Crippen molar-refractivity contribution in [3.8, 4) is 5.75 Å². The van der Waals surface area contributed by atoms with Crippen LogP contribution in [0.15, 0.2) is 12.4 Å². The molecular formula is C12H15NO2.